The Morgan fingerprint density at radius 1 is 1.39 bits per heavy atom. The minimum atomic E-state index is -0.258. The van der Waals surface area contributed by atoms with Crippen LogP contribution in [0.5, 0.6) is 5.75 Å². The van der Waals surface area contributed by atoms with Gasteiger partial charge >= 0.3 is 0 Å². The van der Waals surface area contributed by atoms with Gasteiger partial charge in [0.25, 0.3) is 0 Å². The number of benzene rings is 1. The van der Waals surface area contributed by atoms with Crippen LogP contribution in [0, 0.1) is 11.3 Å². The summed E-state index contributed by atoms with van der Waals surface area (Å²) in [6.07, 6.45) is 3.05. The van der Waals surface area contributed by atoms with E-state index in [-0.39, 0.29) is 12.3 Å². The Morgan fingerprint density at radius 3 is 2.91 bits per heavy atom. The zero-order valence-corrected chi connectivity index (χ0v) is 13.9. The summed E-state index contributed by atoms with van der Waals surface area (Å²) in [5.41, 5.74) is 0.969. The number of carbonyl (C=O) groups is 1. The highest BCUT2D eigenvalue weighted by Crippen LogP contribution is 2.23. The molecule has 124 valence electrons. The van der Waals surface area contributed by atoms with Crippen LogP contribution in [0.1, 0.15) is 24.8 Å². The molecule has 0 bridgehead atoms. The maximum atomic E-state index is 11.3. The van der Waals surface area contributed by atoms with Gasteiger partial charge in [-0.15, -0.1) is 0 Å². The predicted octanol–water partition coefficient (Wildman–Crippen LogP) is 2.39. The molecule has 0 atom stereocenters. The normalized spacial score (nSPS) is 14.4. The van der Waals surface area contributed by atoms with Crippen LogP contribution in [0.25, 0.3) is 0 Å². The zero-order valence-electron chi connectivity index (χ0n) is 13.2. The van der Waals surface area contributed by atoms with Crippen LogP contribution in [-0.4, -0.2) is 43.6 Å². The van der Waals surface area contributed by atoms with E-state index >= 15 is 0 Å². The second-order valence-corrected chi connectivity index (χ2v) is 6.02. The SMILES string of the molecule is N#CCC(=O)NCCc1cc(Cl)ccc1OCCN1CCCC1. The van der Waals surface area contributed by atoms with E-state index < -0.39 is 0 Å². The molecule has 0 aromatic heterocycles. The van der Waals surface area contributed by atoms with Gasteiger partial charge in [-0.3, -0.25) is 9.69 Å². The van der Waals surface area contributed by atoms with Crippen LogP contribution >= 0.6 is 11.6 Å². The lowest BCUT2D eigenvalue weighted by Gasteiger charge is -2.17. The van der Waals surface area contributed by atoms with Crippen molar-refractivity contribution in [2.24, 2.45) is 0 Å². The highest BCUT2D eigenvalue weighted by Gasteiger charge is 2.12. The molecular weight excluding hydrogens is 314 g/mol. The number of nitrogens with one attached hydrogen (secondary N) is 1. The Balaban J connectivity index is 1.83. The van der Waals surface area contributed by atoms with Crippen molar-refractivity contribution < 1.29 is 9.53 Å². The number of nitrogens with zero attached hydrogens (tertiary/aromatic N) is 2. The molecule has 1 aliphatic rings. The average molecular weight is 336 g/mol. The van der Waals surface area contributed by atoms with Gasteiger partial charge in [-0.1, -0.05) is 11.6 Å². The first kappa shape index (κ1) is 17.6. The Labute approximate surface area is 142 Å². The monoisotopic (exact) mass is 335 g/mol. The highest BCUT2D eigenvalue weighted by atomic mass is 35.5. The van der Waals surface area contributed by atoms with Gasteiger partial charge in [0.2, 0.25) is 5.91 Å². The van der Waals surface area contributed by atoms with Crippen molar-refractivity contribution in [1.29, 1.82) is 5.26 Å². The maximum Gasteiger partial charge on any atom is 0.234 e. The quantitative estimate of drug-likeness (QED) is 0.792. The fourth-order valence-electron chi connectivity index (χ4n) is 2.65. The molecule has 1 aromatic carbocycles. The number of nitriles is 1. The van der Waals surface area contributed by atoms with Crippen molar-refractivity contribution in [3.63, 3.8) is 0 Å². The van der Waals surface area contributed by atoms with Gasteiger partial charge < -0.3 is 10.1 Å². The number of hydrogen-bond donors (Lipinski definition) is 1. The second-order valence-electron chi connectivity index (χ2n) is 5.58. The molecule has 5 nitrogen and oxygen atoms in total. The molecule has 0 aliphatic carbocycles. The summed E-state index contributed by atoms with van der Waals surface area (Å²) in [7, 11) is 0. The van der Waals surface area contributed by atoms with Gasteiger partial charge in [-0.25, -0.2) is 0 Å². The number of amides is 1. The Kier molecular flexibility index (Phi) is 7.18. The molecular formula is C17H22ClN3O2. The van der Waals surface area contributed by atoms with E-state index in [1.54, 1.807) is 0 Å². The molecule has 0 spiro atoms. The van der Waals surface area contributed by atoms with E-state index in [1.807, 2.05) is 24.3 Å². The van der Waals surface area contributed by atoms with Crippen LogP contribution in [-0.2, 0) is 11.2 Å². The summed E-state index contributed by atoms with van der Waals surface area (Å²) in [4.78, 5) is 13.7. The van der Waals surface area contributed by atoms with Crippen molar-refractivity contribution >= 4 is 17.5 Å². The van der Waals surface area contributed by atoms with E-state index in [4.69, 9.17) is 21.6 Å². The van der Waals surface area contributed by atoms with E-state index in [2.05, 4.69) is 10.2 Å². The molecule has 1 amide bonds. The van der Waals surface area contributed by atoms with E-state index in [0.29, 0.717) is 24.6 Å². The van der Waals surface area contributed by atoms with Crippen LogP contribution < -0.4 is 10.1 Å². The first-order valence-electron chi connectivity index (χ1n) is 7.96. The third-order valence-corrected chi connectivity index (χ3v) is 4.08. The molecule has 1 N–H and O–H groups in total. The number of likely N-dealkylation sites (tertiary alicyclic amines) is 1. The largest absolute Gasteiger partial charge is 0.492 e. The minimum Gasteiger partial charge on any atom is -0.492 e. The number of halogens is 1. The Bertz CT molecular complexity index is 565. The van der Waals surface area contributed by atoms with Gasteiger partial charge in [0.15, 0.2) is 0 Å². The summed E-state index contributed by atoms with van der Waals surface area (Å²) >= 11 is 6.05. The van der Waals surface area contributed by atoms with E-state index in [0.717, 1.165) is 30.9 Å². The van der Waals surface area contributed by atoms with Gasteiger partial charge in [0, 0.05) is 18.1 Å². The average Bonchev–Trinajstić information content (AvgIpc) is 3.03. The number of carbonyl (C=O) groups excluding carboxylic acids is 1. The molecule has 1 aliphatic heterocycles. The van der Waals surface area contributed by atoms with E-state index in [1.165, 1.54) is 12.8 Å². The molecule has 1 aromatic rings. The van der Waals surface area contributed by atoms with Gasteiger partial charge in [0.1, 0.15) is 18.8 Å². The van der Waals surface area contributed by atoms with Gasteiger partial charge in [-0.2, -0.15) is 5.26 Å². The first-order chi connectivity index (χ1) is 11.2. The van der Waals surface area contributed by atoms with Crippen LogP contribution in [0.3, 0.4) is 0 Å². The molecule has 1 saturated heterocycles. The summed E-state index contributed by atoms with van der Waals surface area (Å²) in [5, 5.41) is 11.8. The third kappa shape index (κ3) is 6.09. The summed E-state index contributed by atoms with van der Waals surface area (Å²) in [5.74, 6) is 0.550. The lowest BCUT2D eigenvalue weighted by Crippen LogP contribution is -2.26. The van der Waals surface area contributed by atoms with E-state index in [9.17, 15) is 4.79 Å². The van der Waals surface area contributed by atoms with Crippen molar-refractivity contribution in [3.05, 3.63) is 28.8 Å². The fraction of sp³-hybridized carbons (Fsp3) is 0.529. The van der Waals surface area contributed by atoms with Crippen molar-refractivity contribution in [3.8, 4) is 11.8 Å². The summed E-state index contributed by atoms with van der Waals surface area (Å²) in [6.45, 7) is 4.35. The van der Waals surface area contributed by atoms with Crippen molar-refractivity contribution in [1.82, 2.24) is 10.2 Å². The lowest BCUT2D eigenvalue weighted by atomic mass is 10.1. The smallest absolute Gasteiger partial charge is 0.234 e. The topological polar surface area (TPSA) is 65.4 Å². The molecule has 2 rings (SSSR count). The molecule has 1 fully saturated rings. The molecule has 6 heteroatoms. The third-order valence-electron chi connectivity index (χ3n) is 3.84. The lowest BCUT2D eigenvalue weighted by molar-refractivity contribution is -0.120. The molecule has 0 saturated carbocycles. The molecule has 23 heavy (non-hydrogen) atoms. The zero-order chi connectivity index (χ0) is 16.5. The summed E-state index contributed by atoms with van der Waals surface area (Å²) in [6, 6.07) is 7.38. The number of hydrogen-bond acceptors (Lipinski definition) is 4. The van der Waals surface area contributed by atoms with Crippen LogP contribution in [0.2, 0.25) is 5.02 Å². The van der Waals surface area contributed by atoms with Crippen LogP contribution in [0.15, 0.2) is 18.2 Å². The number of rotatable bonds is 8. The summed E-state index contributed by atoms with van der Waals surface area (Å²) < 4.78 is 5.89. The number of ether oxygens (including phenoxy) is 1. The molecule has 1 heterocycles. The van der Waals surface area contributed by atoms with Gasteiger partial charge in [-0.05, 0) is 56.1 Å². The standard InChI is InChI=1S/C17H22ClN3O2/c18-15-3-4-16(23-12-11-21-9-1-2-10-21)14(13-15)6-8-20-17(22)5-7-19/h3-4,13H,1-2,5-6,8-12H2,(H,20,22). The van der Waals surface area contributed by atoms with Crippen LogP contribution in [0.4, 0.5) is 0 Å². The Hall–Kier alpha value is -1.77. The molecule has 0 radical (unpaired) electrons. The minimum absolute atomic E-state index is 0.116. The van der Waals surface area contributed by atoms with Crippen molar-refractivity contribution in [2.45, 2.75) is 25.7 Å². The highest BCUT2D eigenvalue weighted by molar-refractivity contribution is 6.30. The molecule has 0 unspecified atom stereocenters. The first-order valence-corrected chi connectivity index (χ1v) is 8.34. The second kappa shape index (κ2) is 9.39. The van der Waals surface area contributed by atoms with Gasteiger partial charge in [0.05, 0.1) is 6.07 Å². The maximum absolute atomic E-state index is 11.3. The fourth-order valence-corrected chi connectivity index (χ4v) is 2.84. The van der Waals surface area contributed by atoms with Crippen molar-refractivity contribution in [2.75, 3.05) is 32.8 Å². The Morgan fingerprint density at radius 2 is 2.17 bits per heavy atom. The predicted molar refractivity (Wildman–Crippen MR) is 89.6 cm³/mol.